The maximum atomic E-state index is 12.9. The molecule has 1 amide bonds. The first-order valence-electron chi connectivity index (χ1n) is 9.17. The van der Waals surface area contributed by atoms with Crippen LogP contribution in [0.15, 0.2) is 24.3 Å². The van der Waals surface area contributed by atoms with Crippen molar-refractivity contribution in [2.75, 3.05) is 39.3 Å². The number of benzene rings is 1. The molecule has 1 atom stereocenters. The summed E-state index contributed by atoms with van der Waals surface area (Å²) < 4.78 is 0. The van der Waals surface area contributed by atoms with E-state index in [4.69, 9.17) is 11.6 Å². The van der Waals surface area contributed by atoms with Crippen molar-refractivity contribution in [1.82, 2.24) is 14.7 Å². The van der Waals surface area contributed by atoms with Crippen molar-refractivity contribution < 1.29 is 4.79 Å². The Labute approximate surface area is 150 Å². The third kappa shape index (κ3) is 4.29. The molecular weight excluding hydrogens is 322 g/mol. The van der Waals surface area contributed by atoms with Crippen LogP contribution in [0.2, 0.25) is 5.02 Å². The van der Waals surface area contributed by atoms with Gasteiger partial charge in [-0.1, -0.05) is 37.1 Å². The average molecular weight is 350 g/mol. The summed E-state index contributed by atoms with van der Waals surface area (Å²) >= 11 is 5.94. The summed E-state index contributed by atoms with van der Waals surface area (Å²) in [4.78, 5) is 19.7. The summed E-state index contributed by atoms with van der Waals surface area (Å²) in [6, 6.07) is 8.17. The maximum Gasteiger partial charge on any atom is 0.240 e. The molecule has 0 N–H and O–H groups in total. The van der Waals surface area contributed by atoms with Gasteiger partial charge in [0.1, 0.15) is 0 Å². The Hall–Kier alpha value is -1.10. The van der Waals surface area contributed by atoms with E-state index < -0.39 is 0 Å². The van der Waals surface area contributed by atoms with Crippen LogP contribution in [-0.4, -0.2) is 65.9 Å². The topological polar surface area (TPSA) is 26.8 Å². The van der Waals surface area contributed by atoms with E-state index in [0.717, 1.165) is 57.3 Å². The normalized spacial score (nSPS) is 23.4. The first kappa shape index (κ1) is 17.7. The summed E-state index contributed by atoms with van der Waals surface area (Å²) in [5.74, 6) is 0.350. The van der Waals surface area contributed by atoms with Gasteiger partial charge in [0.2, 0.25) is 5.91 Å². The second-order valence-corrected chi connectivity index (χ2v) is 7.30. The van der Waals surface area contributed by atoms with E-state index >= 15 is 0 Å². The van der Waals surface area contributed by atoms with E-state index in [1.54, 1.807) is 0 Å². The number of carbonyl (C=O) groups is 1. The average Bonchev–Trinajstić information content (AvgIpc) is 2.63. The summed E-state index contributed by atoms with van der Waals surface area (Å²) in [6.45, 7) is 8.75. The molecule has 1 aromatic rings. The number of hydrogen-bond donors (Lipinski definition) is 0. The predicted molar refractivity (Wildman–Crippen MR) is 98.2 cm³/mol. The predicted octanol–water partition coefficient (Wildman–Crippen LogP) is 2.86. The highest BCUT2D eigenvalue weighted by Crippen LogP contribution is 2.20. The minimum Gasteiger partial charge on any atom is -0.339 e. The van der Waals surface area contributed by atoms with Crippen molar-refractivity contribution in [3.8, 4) is 0 Å². The number of amides is 1. The molecule has 0 aliphatic carbocycles. The van der Waals surface area contributed by atoms with Gasteiger partial charge in [0.15, 0.2) is 0 Å². The highest BCUT2D eigenvalue weighted by Gasteiger charge is 2.32. The molecule has 0 radical (unpaired) electrons. The van der Waals surface area contributed by atoms with Crippen molar-refractivity contribution in [3.63, 3.8) is 0 Å². The standard InChI is InChI=1S/C19H28ClN3O/c1-2-22-10-4-3-5-18(22)19(24)23-13-11-21(12-14-23)15-16-6-8-17(20)9-7-16/h6-9,18H,2-5,10-15H2,1H3. The number of nitrogens with zero attached hydrogens (tertiary/aromatic N) is 3. The molecule has 0 aromatic heterocycles. The molecule has 5 heteroatoms. The van der Waals surface area contributed by atoms with Crippen LogP contribution < -0.4 is 0 Å². The molecule has 4 nitrogen and oxygen atoms in total. The Bertz CT molecular complexity index is 540. The van der Waals surface area contributed by atoms with Crippen LogP contribution in [-0.2, 0) is 11.3 Å². The highest BCUT2D eigenvalue weighted by molar-refractivity contribution is 6.30. The van der Waals surface area contributed by atoms with E-state index in [1.165, 1.54) is 18.4 Å². The van der Waals surface area contributed by atoms with Gasteiger partial charge in [-0.05, 0) is 43.6 Å². The first-order valence-corrected chi connectivity index (χ1v) is 9.55. The Morgan fingerprint density at radius 2 is 1.79 bits per heavy atom. The molecule has 24 heavy (non-hydrogen) atoms. The number of rotatable bonds is 4. The van der Waals surface area contributed by atoms with E-state index in [0.29, 0.717) is 5.91 Å². The zero-order valence-corrected chi connectivity index (χ0v) is 15.3. The molecule has 132 valence electrons. The number of piperidine rings is 1. The van der Waals surface area contributed by atoms with Crippen molar-refractivity contribution in [2.24, 2.45) is 0 Å². The molecule has 1 aromatic carbocycles. The van der Waals surface area contributed by atoms with Crippen LogP contribution in [0.5, 0.6) is 0 Å². The summed E-state index contributed by atoms with van der Waals surface area (Å²) in [5.41, 5.74) is 1.28. The van der Waals surface area contributed by atoms with Gasteiger partial charge < -0.3 is 4.90 Å². The third-order valence-electron chi connectivity index (χ3n) is 5.31. The smallest absolute Gasteiger partial charge is 0.240 e. The van der Waals surface area contributed by atoms with Gasteiger partial charge >= 0.3 is 0 Å². The van der Waals surface area contributed by atoms with Crippen LogP contribution in [0, 0.1) is 0 Å². The molecule has 0 saturated carbocycles. The molecular formula is C19H28ClN3O. The van der Waals surface area contributed by atoms with E-state index in [-0.39, 0.29) is 6.04 Å². The van der Waals surface area contributed by atoms with Crippen molar-refractivity contribution >= 4 is 17.5 Å². The van der Waals surface area contributed by atoms with Gasteiger partial charge in [0.05, 0.1) is 6.04 Å². The number of piperazine rings is 1. The summed E-state index contributed by atoms with van der Waals surface area (Å²) in [5, 5.41) is 0.780. The Morgan fingerprint density at radius 3 is 2.46 bits per heavy atom. The summed E-state index contributed by atoms with van der Waals surface area (Å²) in [6.07, 6.45) is 3.44. The fourth-order valence-corrected chi connectivity index (χ4v) is 3.96. The summed E-state index contributed by atoms with van der Waals surface area (Å²) in [7, 11) is 0. The monoisotopic (exact) mass is 349 g/mol. The van der Waals surface area contributed by atoms with E-state index in [1.807, 2.05) is 12.1 Å². The molecule has 2 aliphatic heterocycles. The van der Waals surface area contributed by atoms with Crippen molar-refractivity contribution in [3.05, 3.63) is 34.9 Å². The van der Waals surface area contributed by atoms with Crippen LogP contribution in [0.25, 0.3) is 0 Å². The lowest BCUT2D eigenvalue weighted by Crippen LogP contribution is -2.55. The lowest BCUT2D eigenvalue weighted by molar-refractivity contribution is -0.140. The first-order chi connectivity index (χ1) is 11.7. The van der Waals surface area contributed by atoms with Gasteiger partial charge in [-0.2, -0.15) is 0 Å². The minimum atomic E-state index is 0.117. The lowest BCUT2D eigenvalue weighted by atomic mass is 10.0. The van der Waals surface area contributed by atoms with Crippen LogP contribution in [0.1, 0.15) is 31.7 Å². The van der Waals surface area contributed by atoms with Gasteiger partial charge in [0, 0.05) is 37.7 Å². The fraction of sp³-hybridized carbons (Fsp3) is 0.632. The SMILES string of the molecule is CCN1CCCCC1C(=O)N1CCN(Cc2ccc(Cl)cc2)CC1. The molecule has 2 aliphatic rings. The molecule has 2 fully saturated rings. The van der Waals surface area contributed by atoms with E-state index in [2.05, 4.69) is 33.8 Å². The lowest BCUT2D eigenvalue weighted by Gasteiger charge is -2.40. The maximum absolute atomic E-state index is 12.9. The van der Waals surface area contributed by atoms with Crippen molar-refractivity contribution in [1.29, 1.82) is 0 Å². The van der Waals surface area contributed by atoms with Gasteiger partial charge in [-0.3, -0.25) is 14.6 Å². The third-order valence-corrected chi connectivity index (χ3v) is 5.56. The molecule has 2 saturated heterocycles. The van der Waals surface area contributed by atoms with Crippen LogP contribution >= 0.6 is 11.6 Å². The second-order valence-electron chi connectivity index (χ2n) is 6.87. The van der Waals surface area contributed by atoms with Crippen molar-refractivity contribution in [2.45, 2.75) is 38.8 Å². The molecule has 1 unspecified atom stereocenters. The Morgan fingerprint density at radius 1 is 1.08 bits per heavy atom. The van der Waals surface area contributed by atoms with Crippen LogP contribution in [0.3, 0.4) is 0 Å². The number of likely N-dealkylation sites (N-methyl/N-ethyl adjacent to an activating group) is 1. The van der Waals surface area contributed by atoms with Gasteiger partial charge in [0.25, 0.3) is 0 Å². The zero-order valence-electron chi connectivity index (χ0n) is 14.6. The van der Waals surface area contributed by atoms with E-state index in [9.17, 15) is 4.79 Å². The number of likely N-dealkylation sites (tertiary alicyclic amines) is 1. The molecule has 0 bridgehead atoms. The van der Waals surface area contributed by atoms with Gasteiger partial charge in [-0.15, -0.1) is 0 Å². The molecule has 3 rings (SSSR count). The number of carbonyl (C=O) groups excluding carboxylic acids is 1. The Kier molecular flexibility index (Phi) is 6.14. The quantitative estimate of drug-likeness (QED) is 0.836. The van der Waals surface area contributed by atoms with Crippen LogP contribution in [0.4, 0.5) is 0 Å². The Balaban J connectivity index is 1.50. The second kappa shape index (κ2) is 8.32. The minimum absolute atomic E-state index is 0.117. The van der Waals surface area contributed by atoms with Gasteiger partial charge in [-0.25, -0.2) is 0 Å². The number of halogens is 1. The highest BCUT2D eigenvalue weighted by atomic mass is 35.5. The number of hydrogen-bond acceptors (Lipinski definition) is 3. The fourth-order valence-electron chi connectivity index (χ4n) is 3.83. The zero-order chi connectivity index (χ0) is 16.9. The molecule has 0 spiro atoms. The largest absolute Gasteiger partial charge is 0.339 e. The molecule has 2 heterocycles.